The number of hydrogen-bond donors (Lipinski definition) is 0. The highest BCUT2D eigenvalue weighted by Gasteiger charge is 2.33. The second-order valence-electron chi connectivity index (χ2n) is 8.70. The van der Waals surface area contributed by atoms with E-state index in [0.717, 1.165) is 66.0 Å². The average molecular weight is 449 g/mol. The maximum atomic E-state index is 13.6. The number of carbonyl (C=O) groups excluding carboxylic acids is 1. The first-order valence-corrected chi connectivity index (χ1v) is 11.7. The van der Waals surface area contributed by atoms with Crippen LogP contribution in [0.2, 0.25) is 0 Å². The molecule has 1 aliphatic rings. The predicted molar refractivity (Wildman–Crippen MR) is 126 cm³/mol. The van der Waals surface area contributed by atoms with Gasteiger partial charge in [-0.2, -0.15) is 0 Å². The van der Waals surface area contributed by atoms with E-state index in [0.29, 0.717) is 24.5 Å². The summed E-state index contributed by atoms with van der Waals surface area (Å²) in [4.78, 5) is 25.1. The van der Waals surface area contributed by atoms with Gasteiger partial charge in [0.05, 0.1) is 29.6 Å². The largest absolute Gasteiger partial charge is 0.380 e. The van der Waals surface area contributed by atoms with Crippen LogP contribution in [0, 0.1) is 13.8 Å². The summed E-state index contributed by atoms with van der Waals surface area (Å²) < 4.78 is 10.9. The number of nitrogens with zero attached hydrogens (tertiary/aromatic N) is 4. The lowest BCUT2D eigenvalue weighted by Gasteiger charge is -2.36. The SMILES string of the molecule is CCCc1ncc(-c2onc(C)c2C)c([C@H]2CCCCN2C(=O)c2ccc(COC)cc2)n1. The zero-order chi connectivity index (χ0) is 23.4. The normalized spacial score (nSPS) is 16.2. The van der Waals surface area contributed by atoms with Crippen LogP contribution in [0.4, 0.5) is 0 Å². The summed E-state index contributed by atoms with van der Waals surface area (Å²) >= 11 is 0. The van der Waals surface area contributed by atoms with Crippen molar-refractivity contribution in [2.24, 2.45) is 0 Å². The van der Waals surface area contributed by atoms with E-state index in [1.807, 2.05) is 49.2 Å². The van der Waals surface area contributed by atoms with Crippen LogP contribution in [-0.4, -0.2) is 39.6 Å². The lowest BCUT2D eigenvalue weighted by Crippen LogP contribution is -2.39. The number of ether oxygens (including phenoxy) is 1. The number of likely N-dealkylation sites (tertiary alicyclic amines) is 1. The van der Waals surface area contributed by atoms with Gasteiger partial charge in [0.2, 0.25) is 0 Å². The van der Waals surface area contributed by atoms with Crippen molar-refractivity contribution in [2.45, 2.75) is 65.5 Å². The van der Waals surface area contributed by atoms with Crippen molar-refractivity contribution in [3.8, 4) is 11.3 Å². The summed E-state index contributed by atoms with van der Waals surface area (Å²) in [6.07, 6.45) is 6.48. The Morgan fingerprint density at radius 1 is 1.21 bits per heavy atom. The van der Waals surface area contributed by atoms with Crippen LogP contribution in [0.15, 0.2) is 35.0 Å². The van der Waals surface area contributed by atoms with E-state index in [9.17, 15) is 4.79 Å². The number of carbonyl (C=O) groups is 1. The van der Waals surface area contributed by atoms with Crippen molar-refractivity contribution in [3.63, 3.8) is 0 Å². The lowest BCUT2D eigenvalue weighted by molar-refractivity contribution is 0.0606. The summed E-state index contributed by atoms with van der Waals surface area (Å²) in [6, 6.07) is 7.53. The third kappa shape index (κ3) is 4.83. The monoisotopic (exact) mass is 448 g/mol. The summed E-state index contributed by atoms with van der Waals surface area (Å²) in [5.41, 5.74) is 5.23. The quantitative estimate of drug-likeness (QED) is 0.493. The molecular weight excluding hydrogens is 416 g/mol. The third-order valence-corrected chi connectivity index (χ3v) is 6.33. The van der Waals surface area contributed by atoms with E-state index in [1.54, 1.807) is 7.11 Å². The molecule has 1 saturated heterocycles. The molecule has 7 heteroatoms. The van der Waals surface area contributed by atoms with Crippen LogP contribution in [0.3, 0.4) is 0 Å². The number of aryl methyl sites for hydroxylation is 2. The molecule has 33 heavy (non-hydrogen) atoms. The van der Waals surface area contributed by atoms with Gasteiger partial charge < -0.3 is 14.2 Å². The number of benzene rings is 1. The van der Waals surface area contributed by atoms with Gasteiger partial charge in [-0.3, -0.25) is 4.79 Å². The number of hydrogen-bond acceptors (Lipinski definition) is 6. The molecule has 0 unspecified atom stereocenters. The maximum absolute atomic E-state index is 13.6. The standard InChI is InChI=1S/C26H32N4O3/c1-5-8-23-27-15-21(25-17(2)18(3)29-33-25)24(28-23)22-9-6-7-14-30(22)26(31)20-12-10-19(11-13-20)16-32-4/h10-13,15,22H,5-9,14,16H2,1-4H3/t22-/m1/s1. The Balaban J connectivity index is 1.74. The number of piperidine rings is 1. The highest BCUT2D eigenvalue weighted by Crippen LogP contribution is 2.38. The van der Waals surface area contributed by atoms with E-state index in [1.165, 1.54) is 0 Å². The molecule has 1 aliphatic heterocycles. The third-order valence-electron chi connectivity index (χ3n) is 6.33. The second kappa shape index (κ2) is 10.3. The number of methoxy groups -OCH3 is 1. The fourth-order valence-corrected chi connectivity index (χ4v) is 4.41. The Hall–Kier alpha value is -3.06. The van der Waals surface area contributed by atoms with E-state index < -0.39 is 0 Å². The van der Waals surface area contributed by atoms with Gasteiger partial charge in [-0.15, -0.1) is 0 Å². The molecule has 1 fully saturated rings. The van der Waals surface area contributed by atoms with E-state index in [4.69, 9.17) is 14.2 Å². The molecule has 0 aliphatic carbocycles. The topological polar surface area (TPSA) is 81.4 Å². The minimum atomic E-state index is -0.136. The zero-order valence-corrected chi connectivity index (χ0v) is 19.9. The highest BCUT2D eigenvalue weighted by atomic mass is 16.5. The van der Waals surface area contributed by atoms with Crippen LogP contribution in [0.5, 0.6) is 0 Å². The predicted octanol–water partition coefficient (Wildman–Crippen LogP) is 5.21. The molecule has 3 aromatic rings. The first kappa shape index (κ1) is 23.1. The molecule has 0 N–H and O–H groups in total. The molecule has 2 aromatic heterocycles. The van der Waals surface area contributed by atoms with Crippen LogP contribution >= 0.6 is 0 Å². The first-order chi connectivity index (χ1) is 16.0. The number of aromatic nitrogens is 3. The lowest BCUT2D eigenvalue weighted by atomic mass is 9.93. The van der Waals surface area contributed by atoms with Gasteiger partial charge in [0.1, 0.15) is 5.82 Å². The minimum absolute atomic E-state index is 0.0238. The van der Waals surface area contributed by atoms with Gasteiger partial charge in [-0.05, 0) is 57.2 Å². The molecule has 0 spiro atoms. The molecule has 0 saturated carbocycles. The Morgan fingerprint density at radius 2 is 2.00 bits per heavy atom. The van der Waals surface area contributed by atoms with Crippen molar-refractivity contribution >= 4 is 5.91 Å². The minimum Gasteiger partial charge on any atom is -0.380 e. The Morgan fingerprint density at radius 3 is 2.67 bits per heavy atom. The van der Waals surface area contributed by atoms with E-state index >= 15 is 0 Å². The molecule has 1 atom stereocenters. The van der Waals surface area contributed by atoms with Crippen LogP contribution in [-0.2, 0) is 17.8 Å². The highest BCUT2D eigenvalue weighted by molar-refractivity contribution is 5.94. The Kier molecular flexibility index (Phi) is 7.18. The van der Waals surface area contributed by atoms with Crippen molar-refractivity contribution < 1.29 is 14.1 Å². The Bertz CT molecular complexity index is 1110. The fourth-order valence-electron chi connectivity index (χ4n) is 4.41. The molecule has 1 aromatic carbocycles. The molecule has 4 rings (SSSR count). The van der Waals surface area contributed by atoms with Gasteiger partial charge in [0.25, 0.3) is 5.91 Å². The van der Waals surface area contributed by atoms with Gasteiger partial charge in [-0.1, -0.05) is 24.2 Å². The smallest absolute Gasteiger partial charge is 0.254 e. The number of amides is 1. The van der Waals surface area contributed by atoms with Gasteiger partial charge in [0.15, 0.2) is 5.76 Å². The number of rotatable bonds is 7. The van der Waals surface area contributed by atoms with Crippen LogP contribution < -0.4 is 0 Å². The molecule has 1 amide bonds. The molecule has 0 radical (unpaired) electrons. The molecule has 3 heterocycles. The second-order valence-corrected chi connectivity index (χ2v) is 8.70. The van der Waals surface area contributed by atoms with Crippen molar-refractivity contribution in [3.05, 3.63) is 64.4 Å². The van der Waals surface area contributed by atoms with Crippen molar-refractivity contribution in [2.75, 3.05) is 13.7 Å². The molecule has 0 bridgehead atoms. The van der Waals surface area contributed by atoms with Crippen LogP contribution in [0.25, 0.3) is 11.3 Å². The maximum Gasteiger partial charge on any atom is 0.254 e. The van der Waals surface area contributed by atoms with Crippen molar-refractivity contribution in [1.82, 2.24) is 20.0 Å². The van der Waals surface area contributed by atoms with Gasteiger partial charge >= 0.3 is 0 Å². The Labute approximate surface area is 195 Å². The summed E-state index contributed by atoms with van der Waals surface area (Å²) in [5, 5.41) is 4.14. The van der Waals surface area contributed by atoms with Gasteiger partial charge in [0, 0.05) is 37.4 Å². The summed E-state index contributed by atoms with van der Waals surface area (Å²) in [7, 11) is 1.67. The van der Waals surface area contributed by atoms with E-state index in [2.05, 4.69) is 17.1 Å². The van der Waals surface area contributed by atoms with E-state index in [-0.39, 0.29) is 11.9 Å². The van der Waals surface area contributed by atoms with Gasteiger partial charge in [-0.25, -0.2) is 9.97 Å². The summed E-state index contributed by atoms with van der Waals surface area (Å²) in [5.74, 6) is 1.51. The van der Waals surface area contributed by atoms with Crippen LogP contribution in [0.1, 0.15) is 77.3 Å². The molecular formula is C26H32N4O3. The first-order valence-electron chi connectivity index (χ1n) is 11.7. The zero-order valence-electron chi connectivity index (χ0n) is 19.9. The fraction of sp³-hybridized carbons (Fsp3) is 0.462. The molecule has 7 nitrogen and oxygen atoms in total. The molecule has 174 valence electrons. The average Bonchev–Trinajstić information content (AvgIpc) is 3.17. The summed E-state index contributed by atoms with van der Waals surface area (Å²) in [6.45, 7) is 7.27. The van der Waals surface area contributed by atoms with Crippen molar-refractivity contribution in [1.29, 1.82) is 0 Å².